The van der Waals surface area contributed by atoms with Crippen molar-refractivity contribution >= 4 is 40.5 Å². The molecular formula is C18H16FN3O3S. The molecule has 0 aliphatic carbocycles. The van der Waals surface area contributed by atoms with Crippen molar-refractivity contribution in [1.29, 1.82) is 0 Å². The summed E-state index contributed by atoms with van der Waals surface area (Å²) >= 11 is 1.22. The Bertz CT molecular complexity index is 870. The molecule has 2 fully saturated rings. The van der Waals surface area contributed by atoms with Gasteiger partial charge >= 0.3 is 0 Å². The van der Waals surface area contributed by atoms with Gasteiger partial charge in [0, 0.05) is 25.2 Å². The summed E-state index contributed by atoms with van der Waals surface area (Å²) in [7, 11) is 0. The van der Waals surface area contributed by atoms with Crippen LogP contribution in [-0.4, -0.2) is 37.4 Å². The van der Waals surface area contributed by atoms with Gasteiger partial charge in [-0.1, -0.05) is 0 Å². The van der Waals surface area contributed by atoms with Gasteiger partial charge in [0.05, 0.1) is 23.8 Å². The van der Waals surface area contributed by atoms with E-state index >= 15 is 0 Å². The Kier molecular flexibility index (Phi) is 4.77. The third-order valence-corrected chi connectivity index (χ3v) is 4.83. The average Bonchev–Trinajstić information content (AvgIpc) is 3.25. The number of halogens is 1. The van der Waals surface area contributed by atoms with Crippen LogP contribution in [0.4, 0.5) is 16.0 Å². The van der Waals surface area contributed by atoms with Crippen molar-refractivity contribution in [3.05, 3.63) is 52.9 Å². The SMILES string of the molecule is O=C1NC(=Nc2ccc(F)cc2)S/C1=C/c1ccc(N2CCOCC2)o1. The molecule has 0 radical (unpaired) electrons. The Morgan fingerprint density at radius 2 is 1.92 bits per heavy atom. The Morgan fingerprint density at radius 3 is 2.69 bits per heavy atom. The van der Waals surface area contributed by atoms with Gasteiger partial charge in [0.25, 0.3) is 5.91 Å². The highest BCUT2D eigenvalue weighted by atomic mass is 32.2. The maximum Gasteiger partial charge on any atom is 0.264 e. The van der Waals surface area contributed by atoms with Crippen LogP contribution in [0.25, 0.3) is 6.08 Å². The fourth-order valence-electron chi connectivity index (χ4n) is 2.62. The number of hydrogen-bond donors (Lipinski definition) is 1. The van der Waals surface area contributed by atoms with E-state index in [0.717, 1.165) is 19.0 Å². The molecule has 134 valence electrons. The molecule has 2 saturated heterocycles. The summed E-state index contributed by atoms with van der Waals surface area (Å²) in [6, 6.07) is 9.49. The number of anilines is 1. The van der Waals surface area contributed by atoms with E-state index in [4.69, 9.17) is 9.15 Å². The minimum absolute atomic E-state index is 0.236. The Hall–Kier alpha value is -2.58. The van der Waals surface area contributed by atoms with Crippen LogP contribution in [0.15, 0.2) is 50.7 Å². The number of aliphatic imine (C=N–C) groups is 1. The highest BCUT2D eigenvalue weighted by Gasteiger charge is 2.24. The first kappa shape index (κ1) is 16.9. The number of furan rings is 1. The van der Waals surface area contributed by atoms with Crippen LogP contribution in [0, 0.1) is 5.82 Å². The summed E-state index contributed by atoms with van der Waals surface area (Å²) < 4.78 is 24.1. The summed E-state index contributed by atoms with van der Waals surface area (Å²) in [6.07, 6.45) is 1.69. The lowest BCUT2D eigenvalue weighted by molar-refractivity contribution is -0.115. The summed E-state index contributed by atoms with van der Waals surface area (Å²) in [4.78, 5) is 19.0. The smallest absolute Gasteiger partial charge is 0.264 e. The number of benzene rings is 1. The molecular weight excluding hydrogens is 357 g/mol. The van der Waals surface area contributed by atoms with Crippen molar-refractivity contribution in [3.8, 4) is 0 Å². The van der Waals surface area contributed by atoms with Gasteiger partial charge in [-0.05, 0) is 42.1 Å². The standard InChI is InChI=1S/C18H16FN3O3S/c19-12-1-3-13(4-2-12)20-18-21-17(23)15(26-18)11-14-5-6-16(25-14)22-7-9-24-10-8-22/h1-6,11H,7-10H2,(H,20,21,23)/b15-11+. The Balaban J connectivity index is 1.48. The van der Waals surface area contributed by atoms with Gasteiger partial charge < -0.3 is 19.4 Å². The van der Waals surface area contributed by atoms with Crippen molar-refractivity contribution in [2.45, 2.75) is 0 Å². The molecule has 8 heteroatoms. The van der Waals surface area contributed by atoms with Crippen molar-refractivity contribution in [3.63, 3.8) is 0 Å². The second kappa shape index (κ2) is 7.35. The first-order chi connectivity index (χ1) is 12.7. The number of rotatable bonds is 3. The highest BCUT2D eigenvalue weighted by Crippen LogP contribution is 2.29. The van der Waals surface area contributed by atoms with Crippen LogP contribution < -0.4 is 10.2 Å². The zero-order valence-corrected chi connectivity index (χ0v) is 14.6. The van der Waals surface area contributed by atoms with E-state index in [1.165, 1.54) is 23.9 Å². The minimum Gasteiger partial charge on any atom is -0.441 e. The first-order valence-corrected chi connectivity index (χ1v) is 8.97. The normalized spacial score (nSPS) is 20.8. The van der Waals surface area contributed by atoms with E-state index in [-0.39, 0.29) is 11.7 Å². The van der Waals surface area contributed by atoms with E-state index < -0.39 is 0 Å². The molecule has 4 rings (SSSR count). The predicted octanol–water partition coefficient (Wildman–Crippen LogP) is 3.15. The number of nitrogens with zero attached hydrogens (tertiary/aromatic N) is 2. The van der Waals surface area contributed by atoms with E-state index in [1.807, 2.05) is 12.1 Å². The Labute approximate surface area is 153 Å². The van der Waals surface area contributed by atoms with Gasteiger partial charge in [-0.2, -0.15) is 0 Å². The average molecular weight is 373 g/mol. The zero-order valence-electron chi connectivity index (χ0n) is 13.8. The molecule has 2 aliphatic heterocycles. The third kappa shape index (κ3) is 3.81. The number of amidine groups is 1. The fraction of sp³-hybridized carbons (Fsp3) is 0.222. The largest absolute Gasteiger partial charge is 0.441 e. The molecule has 1 N–H and O–H groups in total. The van der Waals surface area contributed by atoms with E-state index in [9.17, 15) is 9.18 Å². The number of carbonyl (C=O) groups is 1. The molecule has 1 aromatic heterocycles. The van der Waals surface area contributed by atoms with Crippen LogP contribution in [-0.2, 0) is 9.53 Å². The molecule has 0 atom stereocenters. The second-order valence-corrected chi connectivity index (χ2v) is 6.76. The summed E-state index contributed by atoms with van der Waals surface area (Å²) in [5.74, 6) is 0.808. The van der Waals surface area contributed by atoms with Crippen molar-refractivity contribution in [2.75, 3.05) is 31.2 Å². The topological polar surface area (TPSA) is 67.1 Å². The molecule has 1 amide bonds. The monoisotopic (exact) mass is 373 g/mol. The molecule has 2 aliphatic rings. The number of nitrogens with one attached hydrogen (secondary N) is 1. The molecule has 0 unspecified atom stereocenters. The molecule has 3 heterocycles. The summed E-state index contributed by atoms with van der Waals surface area (Å²) in [6.45, 7) is 2.93. The maximum atomic E-state index is 12.9. The maximum absolute atomic E-state index is 12.9. The van der Waals surface area contributed by atoms with Crippen LogP contribution in [0.5, 0.6) is 0 Å². The van der Waals surface area contributed by atoms with Gasteiger partial charge in [0.1, 0.15) is 11.6 Å². The lowest BCUT2D eigenvalue weighted by atomic mass is 10.3. The number of hydrogen-bond acceptors (Lipinski definition) is 6. The summed E-state index contributed by atoms with van der Waals surface area (Å²) in [5.41, 5.74) is 0.572. The van der Waals surface area contributed by atoms with E-state index in [2.05, 4.69) is 15.2 Å². The molecule has 6 nitrogen and oxygen atoms in total. The van der Waals surface area contributed by atoms with Crippen LogP contribution in [0.1, 0.15) is 5.76 Å². The highest BCUT2D eigenvalue weighted by molar-refractivity contribution is 8.18. The van der Waals surface area contributed by atoms with Crippen molar-refractivity contribution in [2.24, 2.45) is 4.99 Å². The van der Waals surface area contributed by atoms with E-state index in [1.54, 1.807) is 18.2 Å². The molecule has 2 aromatic rings. The minimum atomic E-state index is -0.327. The number of thioether (sulfide) groups is 1. The summed E-state index contributed by atoms with van der Waals surface area (Å²) in [5, 5.41) is 3.15. The van der Waals surface area contributed by atoms with Crippen LogP contribution >= 0.6 is 11.8 Å². The van der Waals surface area contributed by atoms with Gasteiger partial charge in [-0.25, -0.2) is 9.38 Å². The van der Waals surface area contributed by atoms with Gasteiger partial charge in [-0.15, -0.1) is 0 Å². The third-order valence-electron chi connectivity index (χ3n) is 3.92. The van der Waals surface area contributed by atoms with Crippen LogP contribution in [0.3, 0.4) is 0 Å². The predicted molar refractivity (Wildman–Crippen MR) is 98.9 cm³/mol. The first-order valence-electron chi connectivity index (χ1n) is 8.15. The number of amides is 1. The van der Waals surface area contributed by atoms with Gasteiger partial charge in [0.15, 0.2) is 11.1 Å². The lowest BCUT2D eigenvalue weighted by Crippen LogP contribution is -2.35. The Morgan fingerprint density at radius 1 is 1.15 bits per heavy atom. The van der Waals surface area contributed by atoms with Gasteiger partial charge in [0.2, 0.25) is 0 Å². The number of ether oxygens (including phenoxy) is 1. The van der Waals surface area contributed by atoms with E-state index in [0.29, 0.717) is 34.7 Å². The van der Waals surface area contributed by atoms with Crippen LogP contribution in [0.2, 0.25) is 0 Å². The molecule has 0 spiro atoms. The van der Waals surface area contributed by atoms with Crippen molar-refractivity contribution in [1.82, 2.24) is 5.32 Å². The quantitative estimate of drug-likeness (QED) is 0.838. The van der Waals surface area contributed by atoms with Gasteiger partial charge in [-0.3, -0.25) is 4.79 Å². The second-order valence-electron chi connectivity index (χ2n) is 5.73. The lowest BCUT2D eigenvalue weighted by Gasteiger charge is -2.26. The molecule has 0 saturated carbocycles. The molecule has 0 bridgehead atoms. The molecule has 26 heavy (non-hydrogen) atoms. The zero-order chi connectivity index (χ0) is 17.9. The van der Waals surface area contributed by atoms with Crippen molar-refractivity contribution < 1.29 is 18.3 Å². The number of morpholine rings is 1. The fourth-order valence-corrected chi connectivity index (χ4v) is 3.44. The number of carbonyl (C=O) groups excluding carboxylic acids is 1. The molecule has 1 aromatic carbocycles.